The monoisotopic (exact) mass is 1130 g/mol. The summed E-state index contributed by atoms with van der Waals surface area (Å²) in [4.78, 5) is 38.3. The molecule has 0 N–H and O–H groups in total. The van der Waals surface area contributed by atoms with E-state index in [0.29, 0.717) is 19.3 Å². The van der Waals surface area contributed by atoms with Gasteiger partial charge in [-0.2, -0.15) is 0 Å². The lowest BCUT2D eigenvalue weighted by molar-refractivity contribution is -0.167. The highest BCUT2D eigenvalue weighted by Gasteiger charge is 2.19. The summed E-state index contributed by atoms with van der Waals surface area (Å²) in [5.41, 5.74) is 0. The van der Waals surface area contributed by atoms with E-state index in [1.54, 1.807) is 0 Å². The first-order valence-corrected chi connectivity index (χ1v) is 35.1. The maximum atomic E-state index is 12.9. The molecule has 6 nitrogen and oxygen atoms in total. The Balaban J connectivity index is 4.16. The molecule has 468 valence electrons. The molecule has 81 heavy (non-hydrogen) atoms. The third kappa shape index (κ3) is 67.3. The summed E-state index contributed by atoms with van der Waals surface area (Å²) in [7, 11) is 0. The van der Waals surface area contributed by atoms with Crippen molar-refractivity contribution in [2.75, 3.05) is 13.2 Å². The lowest BCUT2D eigenvalue weighted by Crippen LogP contribution is -2.30. The number of rotatable bonds is 64. The van der Waals surface area contributed by atoms with Crippen molar-refractivity contribution in [3.63, 3.8) is 0 Å². The zero-order valence-electron chi connectivity index (χ0n) is 53.8. The summed E-state index contributed by atoms with van der Waals surface area (Å²) in [6.07, 6.45) is 91.9. The second kappa shape index (κ2) is 69.1. The van der Waals surface area contributed by atoms with E-state index in [4.69, 9.17) is 14.2 Å². The van der Waals surface area contributed by atoms with Crippen molar-refractivity contribution >= 4 is 17.9 Å². The van der Waals surface area contributed by atoms with E-state index in [0.717, 1.165) is 109 Å². The average Bonchev–Trinajstić information content (AvgIpc) is 3.46. The molecule has 0 saturated carbocycles. The van der Waals surface area contributed by atoms with E-state index in [9.17, 15) is 14.4 Å². The first kappa shape index (κ1) is 77.6. The molecule has 6 heteroatoms. The van der Waals surface area contributed by atoms with Gasteiger partial charge in [-0.3, -0.25) is 14.4 Å². The van der Waals surface area contributed by atoms with Crippen molar-refractivity contribution in [2.24, 2.45) is 0 Å². The molecule has 0 rings (SSSR count). The number of hydrogen-bond donors (Lipinski definition) is 0. The van der Waals surface area contributed by atoms with Crippen LogP contribution in [0.25, 0.3) is 0 Å². The van der Waals surface area contributed by atoms with Gasteiger partial charge < -0.3 is 14.2 Å². The van der Waals surface area contributed by atoms with E-state index in [2.05, 4.69) is 106 Å². The van der Waals surface area contributed by atoms with Gasteiger partial charge in [0.05, 0.1) is 0 Å². The van der Waals surface area contributed by atoms with Crippen molar-refractivity contribution in [3.8, 4) is 0 Å². The van der Waals surface area contributed by atoms with Gasteiger partial charge in [-0.05, 0) is 116 Å². The Hall–Kier alpha value is -3.41. The highest BCUT2D eigenvalue weighted by molar-refractivity contribution is 5.71. The van der Waals surface area contributed by atoms with Crippen molar-refractivity contribution in [1.82, 2.24) is 0 Å². The van der Waals surface area contributed by atoms with Gasteiger partial charge in [-0.15, -0.1) is 0 Å². The molecule has 0 bridgehead atoms. The highest BCUT2D eigenvalue weighted by Crippen LogP contribution is 2.17. The maximum absolute atomic E-state index is 12.9. The Bertz CT molecular complexity index is 1530. The molecule has 0 aliphatic heterocycles. The van der Waals surface area contributed by atoms with Crippen molar-refractivity contribution < 1.29 is 28.6 Å². The lowest BCUT2D eigenvalue weighted by Gasteiger charge is -2.18. The van der Waals surface area contributed by atoms with E-state index in [1.165, 1.54) is 205 Å². The summed E-state index contributed by atoms with van der Waals surface area (Å²) < 4.78 is 16.9. The standard InChI is InChI=1S/C75H132O6/c1-4-7-10-13-16-19-22-25-27-29-30-31-32-33-34-35-36-37-38-39-40-41-42-43-44-46-47-50-53-56-59-62-65-68-74(77)80-71-72(70-79-73(76)67-64-61-58-55-52-49-24-21-18-15-12-9-6-3)81-75(78)69-66-63-60-57-54-51-48-45-28-26-23-20-17-14-11-8-5-2/h12,15,17,20-22,24-26,28-30,32-33,72H,4-11,13-14,16,18-19,23,27,31,34-71H2,1-3H3/b15-12-,20-17-,24-21-,25-22-,28-26-,30-29-,33-32-. The van der Waals surface area contributed by atoms with Crippen LogP contribution in [0.2, 0.25) is 0 Å². The smallest absolute Gasteiger partial charge is 0.306 e. The molecule has 0 aromatic heterocycles. The Labute approximate surface area is 503 Å². The van der Waals surface area contributed by atoms with E-state index in [1.807, 2.05) is 0 Å². The zero-order chi connectivity index (χ0) is 58.5. The van der Waals surface area contributed by atoms with Gasteiger partial charge in [-0.1, -0.05) is 305 Å². The number of carbonyl (C=O) groups excluding carboxylic acids is 3. The van der Waals surface area contributed by atoms with Crippen molar-refractivity contribution in [2.45, 2.75) is 361 Å². The summed E-state index contributed by atoms with van der Waals surface area (Å²) in [6.45, 7) is 6.56. The Morgan fingerprint density at radius 1 is 0.247 bits per heavy atom. The normalized spacial score (nSPS) is 12.6. The van der Waals surface area contributed by atoms with Gasteiger partial charge in [-0.25, -0.2) is 0 Å². The molecule has 0 aliphatic carbocycles. The Morgan fingerprint density at radius 2 is 0.469 bits per heavy atom. The van der Waals surface area contributed by atoms with Crippen molar-refractivity contribution in [1.29, 1.82) is 0 Å². The molecule has 0 heterocycles. The molecule has 0 aliphatic rings. The topological polar surface area (TPSA) is 78.9 Å². The second-order valence-corrected chi connectivity index (χ2v) is 23.4. The minimum absolute atomic E-state index is 0.0815. The molecule has 0 saturated heterocycles. The van der Waals surface area contributed by atoms with Crippen LogP contribution >= 0.6 is 0 Å². The van der Waals surface area contributed by atoms with Crippen LogP contribution in [0.5, 0.6) is 0 Å². The van der Waals surface area contributed by atoms with Gasteiger partial charge >= 0.3 is 17.9 Å². The first-order valence-electron chi connectivity index (χ1n) is 35.1. The SMILES string of the molecule is CCC/C=C\C/C=C\CCCCCCCC(=O)OCC(COC(=O)CCCCCCCCCCCCCCCCCCCC/C=C\C/C=C\C/C=C\CCCCCCC)OC(=O)CCCCCCCCC/C=C\C/C=C\CCCCC. The van der Waals surface area contributed by atoms with Crippen LogP contribution in [0.1, 0.15) is 355 Å². The lowest BCUT2D eigenvalue weighted by atomic mass is 10.0. The molecule has 0 fully saturated rings. The molecular formula is C75H132O6. The first-order chi connectivity index (χ1) is 40.0. The molecule has 1 atom stereocenters. The second-order valence-electron chi connectivity index (χ2n) is 23.4. The number of ether oxygens (including phenoxy) is 3. The third-order valence-electron chi connectivity index (χ3n) is 15.3. The third-order valence-corrected chi connectivity index (χ3v) is 15.3. The van der Waals surface area contributed by atoms with Crippen molar-refractivity contribution in [3.05, 3.63) is 85.1 Å². The minimum atomic E-state index is -0.787. The van der Waals surface area contributed by atoms with E-state index >= 15 is 0 Å². The van der Waals surface area contributed by atoms with Crippen LogP contribution in [-0.2, 0) is 28.6 Å². The Kier molecular flexibility index (Phi) is 66.2. The van der Waals surface area contributed by atoms with Gasteiger partial charge in [0.15, 0.2) is 6.10 Å². The average molecular weight is 1130 g/mol. The summed E-state index contributed by atoms with van der Waals surface area (Å²) in [6, 6.07) is 0. The van der Waals surface area contributed by atoms with Crippen LogP contribution in [0.4, 0.5) is 0 Å². The van der Waals surface area contributed by atoms with Gasteiger partial charge in [0.2, 0.25) is 0 Å². The number of allylic oxidation sites excluding steroid dienone is 14. The van der Waals surface area contributed by atoms with E-state index < -0.39 is 6.10 Å². The van der Waals surface area contributed by atoms with Gasteiger partial charge in [0, 0.05) is 19.3 Å². The summed E-state index contributed by atoms with van der Waals surface area (Å²) in [5, 5.41) is 0. The van der Waals surface area contributed by atoms with Gasteiger partial charge in [0.1, 0.15) is 13.2 Å². The highest BCUT2D eigenvalue weighted by atomic mass is 16.6. The fourth-order valence-corrected chi connectivity index (χ4v) is 10.1. The summed E-state index contributed by atoms with van der Waals surface area (Å²) >= 11 is 0. The number of carbonyl (C=O) groups is 3. The van der Waals surface area contributed by atoms with Crippen LogP contribution < -0.4 is 0 Å². The van der Waals surface area contributed by atoms with Crippen LogP contribution in [0.3, 0.4) is 0 Å². The fraction of sp³-hybridized carbons (Fsp3) is 0.773. The number of esters is 3. The predicted molar refractivity (Wildman–Crippen MR) is 353 cm³/mol. The molecule has 0 aromatic rings. The Morgan fingerprint density at radius 3 is 0.765 bits per heavy atom. The molecular weight excluding hydrogens is 997 g/mol. The van der Waals surface area contributed by atoms with Crippen LogP contribution in [0.15, 0.2) is 85.1 Å². The molecule has 0 spiro atoms. The van der Waals surface area contributed by atoms with E-state index in [-0.39, 0.29) is 31.1 Å². The van der Waals surface area contributed by atoms with Crippen LogP contribution in [-0.4, -0.2) is 37.2 Å². The predicted octanol–water partition coefficient (Wildman–Crippen LogP) is 24.2. The zero-order valence-corrected chi connectivity index (χ0v) is 53.8. The maximum Gasteiger partial charge on any atom is 0.306 e. The molecule has 0 radical (unpaired) electrons. The number of unbranched alkanes of at least 4 members (excludes halogenated alkanes) is 39. The quantitative estimate of drug-likeness (QED) is 0.0261. The van der Waals surface area contributed by atoms with Gasteiger partial charge in [0.25, 0.3) is 0 Å². The number of hydrogen-bond acceptors (Lipinski definition) is 6. The summed E-state index contributed by atoms with van der Waals surface area (Å²) in [5.74, 6) is -0.889. The fourth-order valence-electron chi connectivity index (χ4n) is 10.1. The molecule has 0 aromatic carbocycles. The largest absolute Gasteiger partial charge is 0.462 e. The minimum Gasteiger partial charge on any atom is -0.462 e. The molecule has 1 unspecified atom stereocenters. The van der Waals surface area contributed by atoms with Crippen LogP contribution in [0, 0.1) is 0 Å². The molecule has 0 amide bonds.